The molecule has 3 heterocycles. The number of amides is 1. The predicted octanol–water partition coefficient (Wildman–Crippen LogP) is 4.66. The van der Waals surface area contributed by atoms with Crippen molar-refractivity contribution in [1.29, 1.82) is 0 Å². The van der Waals surface area contributed by atoms with Crippen molar-refractivity contribution in [1.82, 2.24) is 4.98 Å². The summed E-state index contributed by atoms with van der Waals surface area (Å²) in [6, 6.07) is 13.1. The third kappa shape index (κ3) is 3.70. The van der Waals surface area contributed by atoms with Gasteiger partial charge in [0.05, 0.1) is 29.8 Å². The van der Waals surface area contributed by atoms with E-state index in [0.717, 1.165) is 11.3 Å². The Balaban J connectivity index is 1.72. The molecule has 0 N–H and O–H groups in total. The number of aromatic nitrogens is 1. The van der Waals surface area contributed by atoms with Gasteiger partial charge in [-0.3, -0.25) is 14.5 Å². The molecular formula is C26H20N2O6S. The summed E-state index contributed by atoms with van der Waals surface area (Å²) in [5.74, 6) is -0.564. The molecule has 2 aromatic heterocycles. The first-order chi connectivity index (χ1) is 16.9. The van der Waals surface area contributed by atoms with Gasteiger partial charge in [-0.05, 0) is 36.8 Å². The van der Waals surface area contributed by atoms with E-state index < -0.39 is 17.9 Å². The van der Waals surface area contributed by atoms with Gasteiger partial charge in [-0.2, -0.15) is 0 Å². The molecule has 0 saturated carbocycles. The number of ether oxygens (including phenoxy) is 2. The van der Waals surface area contributed by atoms with Crippen LogP contribution >= 0.6 is 11.3 Å². The van der Waals surface area contributed by atoms with Gasteiger partial charge in [0.1, 0.15) is 22.8 Å². The van der Waals surface area contributed by atoms with E-state index in [1.54, 1.807) is 55.5 Å². The molecular weight excluding hydrogens is 468 g/mol. The number of fused-ring (bicyclic) bond motifs is 2. The number of hydrogen-bond donors (Lipinski definition) is 0. The van der Waals surface area contributed by atoms with E-state index in [4.69, 9.17) is 13.9 Å². The Bertz CT molecular complexity index is 1550. The van der Waals surface area contributed by atoms with Crippen molar-refractivity contribution in [2.75, 3.05) is 18.6 Å². The zero-order valence-electron chi connectivity index (χ0n) is 18.9. The Kier molecular flexibility index (Phi) is 5.70. The number of esters is 1. The molecule has 2 aromatic carbocycles. The Labute approximate surface area is 204 Å². The third-order valence-corrected chi connectivity index (χ3v) is 6.83. The number of hydrogen-bond acceptors (Lipinski definition) is 8. The molecule has 35 heavy (non-hydrogen) atoms. The second-order valence-electron chi connectivity index (χ2n) is 7.82. The van der Waals surface area contributed by atoms with Crippen molar-refractivity contribution in [3.05, 3.63) is 98.9 Å². The van der Waals surface area contributed by atoms with Gasteiger partial charge in [-0.15, -0.1) is 0 Å². The van der Waals surface area contributed by atoms with E-state index in [9.17, 15) is 14.4 Å². The summed E-state index contributed by atoms with van der Waals surface area (Å²) in [6.45, 7) is 5.26. The van der Waals surface area contributed by atoms with Crippen molar-refractivity contribution in [2.45, 2.75) is 13.0 Å². The van der Waals surface area contributed by atoms with Crippen LogP contribution in [-0.2, 0) is 4.74 Å². The number of thiazole rings is 1. The number of benzene rings is 2. The van der Waals surface area contributed by atoms with Crippen LogP contribution < -0.4 is 15.1 Å². The van der Waals surface area contributed by atoms with Crippen LogP contribution in [0.3, 0.4) is 0 Å². The summed E-state index contributed by atoms with van der Waals surface area (Å²) in [5.41, 5.74) is 1.29. The molecule has 1 amide bonds. The summed E-state index contributed by atoms with van der Waals surface area (Å²) >= 11 is 1.02. The maximum Gasteiger partial charge on any atom is 0.350 e. The molecule has 1 atom stereocenters. The fourth-order valence-electron chi connectivity index (χ4n) is 4.12. The van der Waals surface area contributed by atoms with Crippen LogP contribution in [-0.4, -0.2) is 30.6 Å². The molecule has 0 unspecified atom stereocenters. The summed E-state index contributed by atoms with van der Waals surface area (Å²) in [6.07, 6.45) is 1.47. The zero-order valence-corrected chi connectivity index (χ0v) is 19.8. The number of nitrogens with zero attached hydrogens (tertiary/aromatic N) is 2. The average molecular weight is 489 g/mol. The molecule has 0 saturated heterocycles. The molecule has 176 valence electrons. The number of carbonyl (C=O) groups excluding carboxylic acids is 2. The predicted molar refractivity (Wildman–Crippen MR) is 131 cm³/mol. The van der Waals surface area contributed by atoms with Crippen LogP contribution in [0.1, 0.15) is 43.1 Å². The van der Waals surface area contributed by atoms with Gasteiger partial charge in [0.15, 0.2) is 10.6 Å². The minimum Gasteiger partial charge on any atom is -0.497 e. The quantitative estimate of drug-likeness (QED) is 0.288. The van der Waals surface area contributed by atoms with Gasteiger partial charge >= 0.3 is 5.97 Å². The monoisotopic (exact) mass is 488 g/mol. The average Bonchev–Trinajstić information content (AvgIpc) is 3.40. The second-order valence-corrected chi connectivity index (χ2v) is 8.80. The largest absolute Gasteiger partial charge is 0.497 e. The van der Waals surface area contributed by atoms with Crippen molar-refractivity contribution in [3.63, 3.8) is 0 Å². The smallest absolute Gasteiger partial charge is 0.350 e. The molecule has 0 bridgehead atoms. The molecule has 9 heteroatoms. The van der Waals surface area contributed by atoms with Crippen molar-refractivity contribution >= 4 is 39.3 Å². The van der Waals surface area contributed by atoms with Crippen LogP contribution in [0.15, 0.2) is 70.4 Å². The van der Waals surface area contributed by atoms with E-state index in [1.807, 2.05) is 0 Å². The van der Waals surface area contributed by atoms with Crippen molar-refractivity contribution in [2.24, 2.45) is 0 Å². The van der Waals surface area contributed by atoms with Gasteiger partial charge in [0.25, 0.3) is 5.91 Å². The SMILES string of the molecule is C=CCOC(=O)c1sc(N2C(=O)c3oc4ccccc4c(=O)c3[C@@H]2c2cccc(OC)c2)nc1C. The fraction of sp³-hybridized carbons (Fsp3) is 0.154. The fourth-order valence-corrected chi connectivity index (χ4v) is 5.11. The van der Waals surface area contributed by atoms with E-state index >= 15 is 0 Å². The molecule has 0 fully saturated rings. The van der Waals surface area contributed by atoms with E-state index in [-0.39, 0.29) is 33.4 Å². The lowest BCUT2D eigenvalue weighted by molar-refractivity contribution is 0.0554. The lowest BCUT2D eigenvalue weighted by atomic mass is 9.98. The summed E-state index contributed by atoms with van der Waals surface area (Å²) in [7, 11) is 1.54. The molecule has 4 aromatic rings. The number of carbonyl (C=O) groups is 2. The highest BCUT2D eigenvalue weighted by atomic mass is 32.1. The van der Waals surface area contributed by atoms with E-state index in [2.05, 4.69) is 11.6 Å². The van der Waals surface area contributed by atoms with Crippen LogP contribution in [0, 0.1) is 6.92 Å². The summed E-state index contributed by atoms with van der Waals surface area (Å²) < 4.78 is 16.5. The number of aryl methyl sites for hydroxylation is 1. The molecule has 0 radical (unpaired) electrons. The molecule has 1 aliphatic rings. The topological polar surface area (TPSA) is 98.9 Å². The Morgan fingerprint density at radius 2 is 2.03 bits per heavy atom. The minimum absolute atomic E-state index is 0.0508. The Morgan fingerprint density at radius 3 is 2.80 bits per heavy atom. The summed E-state index contributed by atoms with van der Waals surface area (Å²) in [4.78, 5) is 46.0. The first kappa shape index (κ1) is 22.5. The van der Waals surface area contributed by atoms with Crippen molar-refractivity contribution < 1.29 is 23.5 Å². The van der Waals surface area contributed by atoms with Gasteiger partial charge in [0.2, 0.25) is 5.76 Å². The molecule has 8 nitrogen and oxygen atoms in total. The van der Waals surface area contributed by atoms with Crippen LogP contribution in [0.25, 0.3) is 11.0 Å². The van der Waals surface area contributed by atoms with Gasteiger partial charge in [-0.1, -0.05) is 48.3 Å². The second kappa shape index (κ2) is 8.84. The molecule has 5 rings (SSSR count). The van der Waals surface area contributed by atoms with Crippen LogP contribution in [0.4, 0.5) is 5.13 Å². The van der Waals surface area contributed by atoms with Gasteiger partial charge in [-0.25, -0.2) is 9.78 Å². The molecule has 1 aliphatic heterocycles. The van der Waals surface area contributed by atoms with Crippen molar-refractivity contribution in [3.8, 4) is 5.75 Å². The van der Waals surface area contributed by atoms with E-state index in [1.165, 1.54) is 18.1 Å². The standard InChI is InChI=1S/C26H20N2O6S/c1-4-12-33-25(31)23-14(2)27-26(35-23)28-20(15-8-7-9-16(13-15)32-3)19-21(29)17-10-5-6-11-18(17)34-22(19)24(28)30/h4-11,13,20H,1,12H2,2-3H3/t20-/m0/s1. The highest BCUT2D eigenvalue weighted by Gasteiger charge is 2.45. The number of methoxy groups -OCH3 is 1. The number of para-hydroxylation sites is 1. The number of anilines is 1. The lowest BCUT2D eigenvalue weighted by Gasteiger charge is -2.22. The highest BCUT2D eigenvalue weighted by molar-refractivity contribution is 7.17. The van der Waals surface area contributed by atoms with Crippen LogP contribution in [0.5, 0.6) is 5.75 Å². The maximum atomic E-state index is 13.7. The molecule has 0 aliphatic carbocycles. The van der Waals surface area contributed by atoms with Gasteiger partial charge in [0, 0.05) is 0 Å². The van der Waals surface area contributed by atoms with Crippen LogP contribution in [0.2, 0.25) is 0 Å². The minimum atomic E-state index is -0.823. The van der Waals surface area contributed by atoms with Gasteiger partial charge < -0.3 is 13.9 Å². The first-order valence-electron chi connectivity index (χ1n) is 10.7. The lowest BCUT2D eigenvalue weighted by Crippen LogP contribution is -2.29. The first-order valence-corrected chi connectivity index (χ1v) is 11.5. The summed E-state index contributed by atoms with van der Waals surface area (Å²) in [5, 5.41) is 0.624. The Morgan fingerprint density at radius 1 is 1.23 bits per heavy atom. The highest BCUT2D eigenvalue weighted by Crippen LogP contribution is 2.43. The molecule has 0 spiro atoms. The van der Waals surface area contributed by atoms with E-state index in [0.29, 0.717) is 28.0 Å². The maximum absolute atomic E-state index is 13.7. The normalized spacial score (nSPS) is 14.7. The number of rotatable bonds is 6. The zero-order chi connectivity index (χ0) is 24.7. The Hall–Kier alpha value is -4.24. The third-order valence-electron chi connectivity index (χ3n) is 5.70.